The van der Waals surface area contributed by atoms with Crippen LogP contribution in [0.2, 0.25) is 1.41 Å². The zero-order valence-electron chi connectivity index (χ0n) is 6.29. The first-order chi connectivity index (χ1) is 5.70. The van der Waals surface area contributed by atoms with Gasteiger partial charge < -0.3 is 4.98 Å². The molecule has 0 aromatic carbocycles. The Morgan fingerprint density at radius 3 is 3.18 bits per heavy atom. The molecule has 0 bridgehead atoms. The van der Waals surface area contributed by atoms with Crippen LogP contribution in [-0.2, 0) is 0 Å². The summed E-state index contributed by atoms with van der Waals surface area (Å²) < 4.78 is 6.98. The first-order valence-electron chi connectivity index (χ1n) is 3.32. The smallest absolute Gasteiger partial charge is 0.327 e. The number of H-pyrrole nitrogens is 3. The number of nitrogens with zero attached hydrogens (tertiary/aromatic N) is 1. The van der Waals surface area contributed by atoms with Gasteiger partial charge >= 0.3 is 5.69 Å². The van der Waals surface area contributed by atoms with Crippen LogP contribution in [0.1, 0.15) is 0 Å². The lowest BCUT2D eigenvalue weighted by Crippen LogP contribution is -2.21. The summed E-state index contributed by atoms with van der Waals surface area (Å²) in [6.07, 6.45) is 1.28. The maximum absolute atomic E-state index is 11.1. The highest BCUT2D eigenvalue weighted by atomic mass is 16.2. The molecule has 2 aromatic rings. The van der Waals surface area contributed by atoms with Crippen LogP contribution in [0.5, 0.6) is 0 Å². The van der Waals surface area contributed by atoms with Crippen molar-refractivity contribution >= 4 is 11.2 Å². The predicted molar refractivity (Wildman–Crippen MR) is 37.3 cm³/mol. The molecule has 3 N–H and O–H groups in total. The molecule has 0 saturated heterocycles. The van der Waals surface area contributed by atoms with E-state index >= 15 is 0 Å². The lowest BCUT2D eigenvalue weighted by molar-refractivity contribution is 1.07. The van der Waals surface area contributed by atoms with Crippen LogP contribution in [0.4, 0.5) is 0 Å². The quantitative estimate of drug-likeness (QED) is 0.450. The maximum atomic E-state index is 11.1. The molecule has 2 heterocycles. The minimum atomic E-state index is -0.792. The number of hydrogen-bond acceptors (Lipinski definition) is 3. The highest BCUT2D eigenvalue weighted by Crippen LogP contribution is 1.92. The molecule has 0 saturated carbocycles. The van der Waals surface area contributed by atoms with E-state index in [1.54, 1.807) is 0 Å². The summed E-state index contributed by atoms with van der Waals surface area (Å²) in [6, 6.07) is 0. The minimum absolute atomic E-state index is 0.129. The van der Waals surface area contributed by atoms with Gasteiger partial charge in [0.05, 0.1) is 6.33 Å². The second-order valence-corrected chi connectivity index (χ2v) is 1.97. The van der Waals surface area contributed by atoms with E-state index in [1.165, 1.54) is 6.33 Å². The van der Waals surface area contributed by atoms with E-state index in [0.29, 0.717) is 0 Å². The number of nitrogens with one attached hydrogen (secondary N) is 3. The van der Waals surface area contributed by atoms with Crippen LogP contribution in [0.15, 0.2) is 15.9 Å². The third kappa shape index (κ3) is 0.759. The van der Waals surface area contributed by atoms with E-state index in [2.05, 4.69) is 15.0 Å². The molecule has 0 aliphatic heterocycles. The normalized spacial score (nSPS) is 11.8. The molecule has 2 aromatic heterocycles. The van der Waals surface area contributed by atoms with Gasteiger partial charge in [0.1, 0.15) is 5.52 Å². The van der Waals surface area contributed by atoms with Gasteiger partial charge in [0, 0.05) is 0 Å². The molecule has 0 amide bonds. The lowest BCUT2D eigenvalue weighted by Gasteiger charge is -1.83. The van der Waals surface area contributed by atoms with Gasteiger partial charge in [-0.2, -0.15) is 0 Å². The van der Waals surface area contributed by atoms with Gasteiger partial charge in [0.15, 0.2) is 7.06 Å². The van der Waals surface area contributed by atoms with Gasteiger partial charge in [0.25, 0.3) is 5.56 Å². The number of fused-ring (bicyclic) bond motifs is 1. The van der Waals surface area contributed by atoms with E-state index in [1.807, 2.05) is 0 Å². The van der Waals surface area contributed by atoms with Crippen molar-refractivity contribution in [2.75, 3.05) is 0 Å². The fourth-order valence-electron chi connectivity index (χ4n) is 0.829. The average molecular weight is 153 g/mol. The summed E-state index contributed by atoms with van der Waals surface area (Å²) in [5.74, 6) is 0. The second kappa shape index (κ2) is 1.82. The molecule has 11 heavy (non-hydrogen) atoms. The van der Waals surface area contributed by atoms with E-state index in [-0.39, 0.29) is 16.1 Å². The fraction of sp³-hybridized carbons (Fsp3) is 0. The largest absolute Gasteiger partial charge is 0.339 e. The highest BCUT2D eigenvalue weighted by molar-refractivity contribution is 5.67. The van der Waals surface area contributed by atoms with Crippen molar-refractivity contribution in [2.24, 2.45) is 0 Å². The third-order valence-corrected chi connectivity index (χ3v) is 1.28. The van der Waals surface area contributed by atoms with Gasteiger partial charge in [-0.1, -0.05) is 0 Å². The molecular formula is C5H4N4O2. The zero-order chi connectivity index (χ0) is 8.72. The van der Waals surface area contributed by atoms with Crippen LogP contribution in [0.3, 0.4) is 0 Å². The molecule has 56 valence electrons. The van der Waals surface area contributed by atoms with Crippen molar-refractivity contribution in [1.29, 1.82) is 0 Å². The molecule has 6 heteroatoms. The molecule has 2 rings (SSSR count). The third-order valence-electron chi connectivity index (χ3n) is 1.28. The Morgan fingerprint density at radius 1 is 1.55 bits per heavy atom. The molecule has 6 nitrogen and oxygen atoms in total. The van der Waals surface area contributed by atoms with Crippen molar-refractivity contribution in [2.45, 2.75) is 0 Å². The summed E-state index contributed by atoms with van der Waals surface area (Å²) in [7, 11) is 0. The van der Waals surface area contributed by atoms with E-state index in [9.17, 15) is 9.59 Å². The number of rotatable bonds is 0. The van der Waals surface area contributed by atoms with E-state index in [4.69, 9.17) is 1.41 Å². The first-order valence-corrected chi connectivity index (χ1v) is 2.88. The number of aromatic amines is 3. The molecule has 0 spiro atoms. The summed E-state index contributed by atoms with van der Waals surface area (Å²) in [6.45, 7) is 0. The lowest BCUT2D eigenvalue weighted by atomic mass is 10.5. The Balaban J connectivity index is 3.16. The van der Waals surface area contributed by atoms with Crippen LogP contribution in [0, 0.1) is 0 Å². The van der Waals surface area contributed by atoms with Crippen LogP contribution in [-0.4, -0.2) is 19.9 Å². The monoisotopic (exact) mass is 153 g/mol. The second-order valence-electron chi connectivity index (χ2n) is 1.97. The summed E-state index contributed by atoms with van der Waals surface area (Å²) in [5.41, 5.74) is -1.19. The van der Waals surface area contributed by atoms with Gasteiger partial charge in [0.2, 0.25) is 0 Å². The van der Waals surface area contributed by atoms with Crippen LogP contribution in [0.25, 0.3) is 11.2 Å². The molecule has 0 aliphatic carbocycles. The molecule has 0 fully saturated rings. The maximum Gasteiger partial charge on any atom is 0.327 e. The number of aromatic nitrogens is 4. The molecule has 0 radical (unpaired) electrons. The first kappa shape index (κ1) is 4.89. The van der Waals surface area contributed by atoms with E-state index in [0.717, 1.165) is 0 Å². The van der Waals surface area contributed by atoms with Gasteiger partial charge in [-0.05, 0) is 0 Å². The predicted octanol–water partition coefficient (Wildman–Crippen LogP) is -1.06. The van der Waals surface area contributed by atoms with Crippen LogP contribution >= 0.6 is 0 Å². The van der Waals surface area contributed by atoms with Crippen LogP contribution < -0.4 is 11.2 Å². The summed E-state index contributed by atoms with van der Waals surface area (Å²) in [5, 5.41) is 0. The number of imidazole rings is 1. The zero-order valence-corrected chi connectivity index (χ0v) is 5.29. The minimum Gasteiger partial charge on any atom is -0.339 e. The van der Waals surface area contributed by atoms with Crippen molar-refractivity contribution in [3.05, 3.63) is 27.2 Å². The number of hydrogen-bond donors (Lipinski definition) is 3. The van der Waals surface area contributed by atoms with Crippen molar-refractivity contribution in [3.8, 4) is 0 Å². The average Bonchev–Trinajstić information content (AvgIpc) is 2.48. The molecule has 0 aliphatic rings. The Morgan fingerprint density at radius 2 is 2.36 bits per heavy atom. The SMILES string of the molecule is [2H]n1c(=O)[nH]c2nc[nH]c2c1=O. The van der Waals surface area contributed by atoms with Crippen molar-refractivity contribution in [3.63, 3.8) is 0 Å². The Labute approximate surface area is 60.8 Å². The molecular weight excluding hydrogens is 148 g/mol. The summed E-state index contributed by atoms with van der Waals surface area (Å²) in [4.78, 5) is 30.6. The Hall–Kier alpha value is -1.85. The van der Waals surface area contributed by atoms with Gasteiger partial charge in [-0.25, -0.2) is 9.78 Å². The van der Waals surface area contributed by atoms with Crippen molar-refractivity contribution in [1.82, 2.24) is 19.9 Å². The Kier molecular flexibility index (Phi) is 0.807. The Bertz CT molecular complexity index is 536. The standard InChI is InChI=1S/C5H4N4O2/c10-4-2-3(7-1-6-2)8-5(11)9-4/h1H,(H3,6,7,8,9,10,11)/i/hD. The fourth-order valence-corrected chi connectivity index (χ4v) is 0.829. The molecule has 0 atom stereocenters. The van der Waals surface area contributed by atoms with E-state index < -0.39 is 11.2 Å². The van der Waals surface area contributed by atoms with Crippen molar-refractivity contribution < 1.29 is 1.41 Å². The topological polar surface area (TPSA) is 94.4 Å². The summed E-state index contributed by atoms with van der Waals surface area (Å²) >= 11 is 0. The van der Waals surface area contributed by atoms with Gasteiger partial charge in [-0.15, -0.1) is 0 Å². The molecule has 0 unspecified atom stereocenters. The highest BCUT2D eigenvalue weighted by Gasteiger charge is 1.99. The van der Waals surface area contributed by atoms with Gasteiger partial charge in [-0.3, -0.25) is 14.8 Å².